The molecule has 0 aromatic heterocycles. The van der Waals surface area contributed by atoms with Gasteiger partial charge < -0.3 is 10.1 Å². The molecule has 0 atom stereocenters. The maximum atomic E-state index is 6.07. The normalized spacial score (nSPS) is 10.2. The van der Waals surface area contributed by atoms with Crippen LogP contribution in [0, 0.1) is 6.92 Å². The lowest BCUT2D eigenvalue weighted by Gasteiger charge is -2.11. The molecular weight excluding hydrogens is 269 g/mol. The minimum absolute atomic E-state index is 0.578. The van der Waals surface area contributed by atoms with Gasteiger partial charge in [-0.05, 0) is 48.9 Å². The molecule has 0 spiro atoms. The van der Waals surface area contributed by atoms with Crippen LogP contribution >= 0.6 is 23.2 Å². The molecule has 0 bridgehead atoms. The van der Waals surface area contributed by atoms with E-state index in [1.807, 2.05) is 43.3 Å². The van der Waals surface area contributed by atoms with Crippen molar-refractivity contribution in [3.05, 3.63) is 52.0 Å². The highest BCUT2D eigenvalue weighted by molar-refractivity contribution is 6.32. The number of anilines is 2. The van der Waals surface area contributed by atoms with E-state index in [4.69, 9.17) is 27.9 Å². The van der Waals surface area contributed by atoms with Crippen LogP contribution < -0.4 is 10.1 Å². The number of ether oxygens (including phenoxy) is 1. The predicted molar refractivity (Wildman–Crippen MR) is 77.5 cm³/mol. The largest absolute Gasteiger partial charge is 0.495 e. The number of aryl methyl sites for hydroxylation is 1. The van der Waals surface area contributed by atoms with Crippen molar-refractivity contribution in [2.24, 2.45) is 0 Å². The first-order chi connectivity index (χ1) is 8.60. The SMILES string of the molecule is COc1ccc(Nc2ccc(Cl)cc2C)cc1Cl. The highest BCUT2D eigenvalue weighted by Gasteiger charge is 2.04. The number of benzene rings is 2. The summed E-state index contributed by atoms with van der Waals surface area (Å²) in [6, 6.07) is 11.3. The molecule has 0 aliphatic carbocycles. The average Bonchev–Trinajstić information content (AvgIpc) is 2.33. The number of methoxy groups -OCH3 is 1. The number of halogens is 2. The van der Waals surface area contributed by atoms with Gasteiger partial charge in [-0.3, -0.25) is 0 Å². The Morgan fingerprint density at radius 2 is 1.83 bits per heavy atom. The van der Waals surface area contributed by atoms with Crippen molar-refractivity contribution in [1.82, 2.24) is 0 Å². The summed E-state index contributed by atoms with van der Waals surface area (Å²) < 4.78 is 5.11. The van der Waals surface area contributed by atoms with E-state index in [1.165, 1.54) is 0 Å². The molecule has 0 heterocycles. The van der Waals surface area contributed by atoms with Gasteiger partial charge >= 0.3 is 0 Å². The molecule has 4 heteroatoms. The molecule has 2 aromatic rings. The lowest BCUT2D eigenvalue weighted by atomic mass is 10.2. The van der Waals surface area contributed by atoms with E-state index >= 15 is 0 Å². The third-order valence-corrected chi connectivity index (χ3v) is 3.15. The fourth-order valence-electron chi connectivity index (χ4n) is 1.67. The second-order valence-electron chi connectivity index (χ2n) is 3.93. The Labute approximate surface area is 116 Å². The Balaban J connectivity index is 2.26. The van der Waals surface area contributed by atoms with Gasteiger partial charge in [-0.15, -0.1) is 0 Å². The van der Waals surface area contributed by atoms with Crippen LogP contribution in [0.1, 0.15) is 5.56 Å². The summed E-state index contributed by atoms with van der Waals surface area (Å²) in [5.74, 6) is 0.662. The van der Waals surface area contributed by atoms with Gasteiger partial charge in [0.25, 0.3) is 0 Å². The van der Waals surface area contributed by atoms with Crippen molar-refractivity contribution in [3.8, 4) is 5.75 Å². The van der Waals surface area contributed by atoms with Crippen molar-refractivity contribution >= 4 is 34.6 Å². The van der Waals surface area contributed by atoms with Crippen LogP contribution in [0.25, 0.3) is 0 Å². The standard InChI is InChI=1S/C14H13Cl2NO/c1-9-7-10(15)3-5-13(9)17-11-4-6-14(18-2)12(16)8-11/h3-8,17H,1-2H3. The maximum Gasteiger partial charge on any atom is 0.137 e. The van der Waals surface area contributed by atoms with Gasteiger partial charge in [0, 0.05) is 16.4 Å². The molecule has 2 aromatic carbocycles. The Morgan fingerprint density at radius 3 is 2.44 bits per heavy atom. The van der Waals surface area contributed by atoms with Crippen LogP contribution in [0.5, 0.6) is 5.75 Å². The second kappa shape index (κ2) is 5.51. The Hall–Kier alpha value is -1.38. The number of rotatable bonds is 3. The molecule has 2 nitrogen and oxygen atoms in total. The van der Waals surface area contributed by atoms with E-state index in [0.29, 0.717) is 10.8 Å². The van der Waals surface area contributed by atoms with Gasteiger partial charge in [0.15, 0.2) is 0 Å². The van der Waals surface area contributed by atoms with Crippen molar-refractivity contribution < 1.29 is 4.74 Å². The predicted octanol–water partition coefficient (Wildman–Crippen LogP) is 5.05. The van der Waals surface area contributed by atoms with Crippen LogP contribution in [0.3, 0.4) is 0 Å². The van der Waals surface area contributed by atoms with Crippen molar-refractivity contribution in [2.75, 3.05) is 12.4 Å². The molecule has 0 saturated carbocycles. The maximum absolute atomic E-state index is 6.07. The molecule has 1 N–H and O–H groups in total. The molecule has 0 fully saturated rings. The molecule has 2 rings (SSSR count). The molecule has 18 heavy (non-hydrogen) atoms. The summed E-state index contributed by atoms with van der Waals surface area (Å²) in [5.41, 5.74) is 2.99. The van der Waals surface area contributed by atoms with Gasteiger partial charge in [-0.25, -0.2) is 0 Å². The Kier molecular flexibility index (Phi) is 4.00. The number of hydrogen-bond donors (Lipinski definition) is 1. The minimum Gasteiger partial charge on any atom is -0.495 e. The zero-order valence-electron chi connectivity index (χ0n) is 10.1. The van der Waals surface area contributed by atoms with E-state index in [1.54, 1.807) is 7.11 Å². The zero-order valence-corrected chi connectivity index (χ0v) is 11.6. The Morgan fingerprint density at radius 1 is 1.06 bits per heavy atom. The first-order valence-corrected chi connectivity index (χ1v) is 6.22. The van der Waals surface area contributed by atoms with Gasteiger partial charge in [-0.2, -0.15) is 0 Å². The fourth-order valence-corrected chi connectivity index (χ4v) is 2.15. The summed E-state index contributed by atoms with van der Waals surface area (Å²) in [6.07, 6.45) is 0. The van der Waals surface area contributed by atoms with Gasteiger partial charge in [0.05, 0.1) is 12.1 Å². The lowest BCUT2D eigenvalue weighted by molar-refractivity contribution is 0.415. The summed E-state index contributed by atoms with van der Waals surface area (Å²) in [7, 11) is 1.59. The topological polar surface area (TPSA) is 21.3 Å². The van der Waals surface area contributed by atoms with Crippen LogP contribution in [0.4, 0.5) is 11.4 Å². The summed E-state index contributed by atoms with van der Waals surface area (Å²) in [6.45, 7) is 2.00. The van der Waals surface area contributed by atoms with Gasteiger partial charge in [-0.1, -0.05) is 23.2 Å². The lowest BCUT2D eigenvalue weighted by Crippen LogP contribution is -1.93. The van der Waals surface area contributed by atoms with E-state index < -0.39 is 0 Å². The fraction of sp³-hybridized carbons (Fsp3) is 0.143. The van der Waals surface area contributed by atoms with Gasteiger partial charge in [0.2, 0.25) is 0 Å². The van der Waals surface area contributed by atoms with Crippen LogP contribution in [0.15, 0.2) is 36.4 Å². The molecule has 0 aliphatic rings. The summed E-state index contributed by atoms with van der Waals surface area (Å²) in [4.78, 5) is 0. The molecule has 0 unspecified atom stereocenters. The van der Waals surface area contributed by atoms with Crippen molar-refractivity contribution in [2.45, 2.75) is 6.92 Å². The minimum atomic E-state index is 0.578. The monoisotopic (exact) mass is 281 g/mol. The number of nitrogens with one attached hydrogen (secondary N) is 1. The van der Waals surface area contributed by atoms with Crippen molar-refractivity contribution in [3.63, 3.8) is 0 Å². The van der Waals surface area contributed by atoms with E-state index in [9.17, 15) is 0 Å². The first kappa shape index (κ1) is 13.1. The molecule has 0 amide bonds. The van der Waals surface area contributed by atoms with Crippen LogP contribution in [0.2, 0.25) is 10.0 Å². The van der Waals surface area contributed by atoms with E-state index in [2.05, 4.69) is 5.32 Å². The molecular formula is C14H13Cl2NO. The third-order valence-electron chi connectivity index (χ3n) is 2.62. The molecule has 0 saturated heterocycles. The molecule has 0 aliphatic heterocycles. The average molecular weight is 282 g/mol. The zero-order chi connectivity index (χ0) is 13.1. The highest BCUT2D eigenvalue weighted by Crippen LogP contribution is 2.30. The first-order valence-electron chi connectivity index (χ1n) is 5.47. The second-order valence-corrected chi connectivity index (χ2v) is 4.78. The van der Waals surface area contributed by atoms with Crippen LogP contribution in [-0.4, -0.2) is 7.11 Å². The van der Waals surface area contributed by atoms with Gasteiger partial charge in [0.1, 0.15) is 5.75 Å². The summed E-state index contributed by atoms with van der Waals surface area (Å²) >= 11 is 12.0. The third kappa shape index (κ3) is 2.89. The van der Waals surface area contributed by atoms with E-state index in [-0.39, 0.29) is 0 Å². The van der Waals surface area contributed by atoms with Crippen LogP contribution in [-0.2, 0) is 0 Å². The summed E-state index contributed by atoms with van der Waals surface area (Å²) in [5, 5.41) is 4.60. The highest BCUT2D eigenvalue weighted by atomic mass is 35.5. The number of hydrogen-bond acceptors (Lipinski definition) is 2. The quantitative estimate of drug-likeness (QED) is 0.850. The molecule has 94 valence electrons. The Bertz CT molecular complexity index is 570. The van der Waals surface area contributed by atoms with Crippen molar-refractivity contribution in [1.29, 1.82) is 0 Å². The van der Waals surface area contributed by atoms with E-state index in [0.717, 1.165) is 22.0 Å². The smallest absolute Gasteiger partial charge is 0.137 e. The molecule has 0 radical (unpaired) electrons.